The number of halogens is 1. The van der Waals surface area contributed by atoms with Crippen molar-refractivity contribution in [2.24, 2.45) is 0 Å². The number of carbonyl (C=O) groups excluding carboxylic acids is 1. The van der Waals surface area contributed by atoms with E-state index >= 15 is 0 Å². The number of hydrogen-bond donors (Lipinski definition) is 0. The average molecular weight is 218 g/mol. The van der Waals surface area contributed by atoms with E-state index in [4.69, 9.17) is 0 Å². The van der Waals surface area contributed by atoms with Crippen molar-refractivity contribution in [2.75, 3.05) is 0 Å². The predicted molar refractivity (Wildman–Crippen MR) is 57.8 cm³/mol. The van der Waals surface area contributed by atoms with Crippen LogP contribution in [0.4, 0.5) is 4.39 Å². The quantitative estimate of drug-likeness (QED) is 0.736. The molecule has 4 heteroatoms. The summed E-state index contributed by atoms with van der Waals surface area (Å²) in [5.41, 5.74) is 1.98. The summed E-state index contributed by atoms with van der Waals surface area (Å²) in [5.74, 6) is -0.601. The lowest BCUT2D eigenvalue weighted by Gasteiger charge is -2.02. The normalized spacial score (nSPS) is 10.4. The number of nitrogens with zero attached hydrogens (tertiary/aromatic N) is 2. The van der Waals surface area contributed by atoms with E-state index in [1.807, 2.05) is 13.0 Å². The van der Waals surface area contributed by atoms with Crippen LogP contribution in [-0.2, 0) is 0 Å². The molecule has 0 spiro atoms. The number of aromatic nitrogens is 2. The van der Waals surface area contributed by atoms with Crippen LogP contribution in [0.3, 0.4) is 0 Å². The zero-order chi connectivity index (χ0) is 11.7. The molecule has 3 nitrogen and oxygen atoms in total. The third-order valence-electron chi connectivity index (χ3n) is 2.29. The van der Waals surface area contributed by atoms with E-state index in [9.17, 15) is 9.18 Å². The predicted octanol–water partition coefficient (Wildman–Crippen LogP) is 2.33. The van der Waals surface area contributed by atoms with Crippen LogP contribution < -0.4 is 0 Å². The summed E-state index contributed by atoms with van der Waals surface area (Å²) >= 11 is 0. The van der Waals surface area contributed by atoms with Crippen molar-refractivity contribution in [3.63, 3.8) is 0 Å². The molecule has 0 saturated carbocycles. The van der Waals surface area contributed by atoms with Crippen molar-refractivity contribution >= 4 is 5.91 Å². The Balaban J connectivity index is 2.39. The first-order chi connectivity index (χ1) is 7.58. The molecule has 16 heavy (non-hydrogen) atoms. The first kappa shape index (κ1) is 10.5. The number of rotatable bonds is 1. The summed E-state index contributed by atoms with van der Waals surface area (Å²) in [5, 5.41) is 4.08. The maximum absolute atomic E-state index is 12.7. The second-order valence-corrected chi connectivity index (χ2v) is 3.65. The summed E-state index contributed by atoms with van der Waals surface area (Å²) in [6, 6.07) is 7.25. The Morgan fingerprint density at radius 1 is 1.25 bits per heavy atom. The third-order valence-corrected chi connectivity index (χ3v) is 2.29. The SMILES string of the molecule is Cc1cc(C)n(C(=O)c2ccc(F)cc2)n1. The van der Waals surface area contributed by atoms with Crippen LogP contribution in [0, 0.1) is 19.7 Å². The van der Waals surface area contributed by atoms with Gasteiger partial charge in [0.25, 0.3) is 5.91 Å². The first-order valence-electron chi connectivity index (χ1n) is 4.91. The number of benzene rings is 1. The summed E-state index contributed by atoms with van der Waals surface area (Å²) in [7, 11) is 0. The lowest BCUT2D eigenvalue weighted by Crippen LogP contribution is -2.15. The van der Waals surface area contributed by atoms with Gasteiger partial charge in [0, 0.05) is 11.3 Å². The highest BCUT2D eigenvalue weighted by atomic mass is 19.1. The van der Waals surface area contributed by atoms with E-state index in [1.54, 1.807) is 6.92 Å². The summed E-state index contributed by atoms with van der Waals surface area (Å²) in [6.45, 7) is 3.63. The molecule has 1 heterocycles. The second kappa shape index (κ2) is 3.89. The van der Waals surface area contributed by atoms with Gasteiger partial charge in [0.2, 0.25) is 0 Å². The standard InChI is InChI=1S/C12H11FN2O/c1-8-7-9(2)15(14-8)12(16)10-3-5-11(13)6-4-10/h3-7H,1-2H3. The fourth-order valence-corrected chi connectivity index (χ4v) is 1.55. The van der Waals surface area contributed by atoms with E-state index in [1.165, 1.54) is 28.9 Å². The Labute approximate surface area is 92.5 Å². The lowest BCUT2D eigenvalue weighted by molar-refractivity contribution is 0.0942. The van der Waals surface area contributed by atoms with Gasteiger partial charge in [0.15, 0.2) is 0 Å². The summed E-state index contributed by atoms with van der Waals surface area (Å²) < 4.78 is 14.0. The molecule has 0 unspecified atom stereocenters. The van der Waals surface area contributed by atoms with Gasteiger partial charge in [0.1, 0.15) is 5.82 Å². The first-order valence-corrected chi connectivity index (χ1v) is 4.91. The molecule has 0 aliphatic carbocycles. The minimum Gasteiger partial charge on any atom is -0.267 e. The van der Waals surface area contributed by atoms with Crippen LogP contribution in [0.2, 0.25) is 0 Å². The molecule has 0 aliphatic rings. The smallest absolute Gasteiger partial charge is 0.267 e. The van der Waals surface area contributed by atoms with Crippen molar-refractivity contribution in [3.05, 3.63) is 53.1 Å². The Kier molecular flexibility index (Phi) is 2.56. The Bertz CT molecular complexity index is 528. The maximum Gasteiger partial charge on any atom is 0.278 e. The Morgan fingerprint density at radius 3 is 2.38 bits per heavy atom. The minimum absolute atomic E-state index is 0.245. The zero-order valence-corrected chi connectivity index (χ0v) is 9.07. The molecule has 0 atom stereocenters. The molecule has 2 aromatic rings. The zero-order valence-electron chi connectivity index (χ0n) is 9.07. The minimum atomic E-state index is -0.357. The largest absolute Gasteiger partial charge is 0.278 e. The van der Waals surface area contributed by atoms with Gasteiger partial charge in [0.05, 0.1) is 5.69 Å². The van der Waals surface area contributed by atoms with Crippen LogP contribution in [0.25, 0.3) is 0 Å². The molecule has 0 amide bonds. The van der Waals surface area contributed by atoms with Crippen LogP contribution in [0.5, 0.6) is 0 Å². The molecular weight excluding hydrogens is 207 g/mol. The fourth-order valence-electron chi connectivity index (χ4n) is 1.55. The molecule has 1 aromatic carbocycles. The van der Waals surface area contributed by atoms with E-state index in [0.29, 0.717) is 5.56 Å². The van der Waals surface area contributed by atoms with Gasteiger partial charge in [-0.2, -0.15) is 5.10 Å². The molecule has 0 aliphatic heterocycles. The molecule has 0 N–H and O–H groups in total. The highest BCUT2D eigenvalue weighted by Crippen LogP contribution is 2.08. The summed E-state index contributed by atoms with van der Waals surface area (Å²) in [6.07, 6.45) is 0. The summed E-state index contributed by atoms with van der Waals surface area (Å²) in [4.78, 5) is 12.0. The highest BCUT2D eigenvalue weighted by Gasteiger charge is 2.12. The molecule has 0 radical (unpaired) electrons. The number of carbonyl (C=O) groups is 1. The lowest BCUT2D eigenvalue weighted by atomic mass is 10.2. The van der Waals surface area contributed by atoms with E-state index in [0.717, 1.165) is 11.4 Å². The Hall–Kier alpha value is -1.97. The van der Waals surface area contributed by atoms with Crippen LogP contribution in [0.1, 0.15) is 21.7 Å². The third kappa shape index (κ3) is 1.86. The Morgan fingerprint density at radius 2 is 1.88 bits per heavy atom. The second-order valence-electron chi connectivity index (χ2n) is 3.65. The van der Waals surface area contributed by atoms with Crippen LogP contribution in [-0.4, -0.2) is 15.7 Å². The molecule has 1 aromatic heterocycles. The van der Waals surface area contributed by atoms with Gasteiger partial charge in [-0.25, -0.2) is 9.07 Å². The van der Waals surface area contributed by atoms with Gasteiger partial charge in [-0.05, 0) is 44.2 Å². The van der Waals surface area contributed by atoms with Gasteiger partial charge in [-0.1, -0.05) is 0 Å². The van der Waals surface area contributed by atoms with E-state index in [2.05, 4.69) is 5.10 Å². The molecule has 0 bridgehead atoms. The van der Waals surface area contributed by atoms with Crippen LogP contribution >= 0.6 is 0 Å². The topological polar surface area (TPSA) is 34.9 Å². The van der Waals surface area contributed by atoms with Crippen molar-refractivity contribution in [2.45, 2.75) is 13.8 Å². The number of hydrogen-bond acceptors (Lipinski definition) is 2. The fraction of sp³-hybridized carbons (Fsp3) is 0.167. The van der Waals surface area contributed by atoms with Crippen molar-refractivity contribution in [3.8, 4) is 0 Å². The van der Waals surface area contributed by atoms with Gasteiger partial charge < -0.3 is 0 Å². The van der Waals surface area contributed by atoms with Crippen molar-refractivity contribution in [1.29, 1.82) is 0 Å². The highest BCUT2D eigenvalue weighted by molar-refractivity contribution is 5.95. The van der Waals surface area contributed by atoms with Crippen LogP contribution in [0.15, 0.2) is 30.3 Å². The molecule has 0 fully saturated rings. The average Bonchev–Trinajstić information content (AvgIpc) is 2.58. The van der Waals surface area contributed by atoms with E-state index in [-0.39, 0.29) is 11.7 Å². The van der Waals surface area contributed by atoms with Crippen molar-refractivity contribution in [1.82, 2.24) is 9.78 Å². The molecular formula is C12H11FN2O. The molecule has 82 valence electrons. The van der Waals surface area contributed by atoms with E-state index < -0.39 is 0 Å². The molecule has 2 rings (SSSR count). The maximum atomic E-state index is 12.7. The van der Waals surface area contributed by atoms with Gasteiger partial charge in [-0.3, -0.25) is 4.79 Å². The van der Waals surface area contributed by atoms with Crippen molar-refractivity contribution < 1.29 is 9.18 Å². The number of aryl methyl sites for hydroxylation is 2. The van der Waals surface area contributed by atoms with Gasteiger partial charge >= 0.3 is 0 Å². The monoisotopic (exact) mass is 218 g/mol. The van der Waals surface area contributed by atoms with Gasteiger partial charge in [-0.15, -0.1) is 0 Å². The molecule has 0 saturated heterocycles.